The monoisotopic (exact) mass is 520 g/mol. The fourth-order valence-corrected chi connectivity index (χ4v) is 3.56. The van der Waals surface area contributed by atoms with E-state index in [2.05, 4.69) is 10.6 Å². The molecule has 0 atom stereocenters. The van der Waals surface area contributed by atoms with E-state index in [4.69, 9.17) is 16.3 Å². The van der Waals surface area contributed by atoms with Gasteiger partial charge in [-0.25, -0.2) is 9.69 Å². The maximum atomic E-state index is 13.0. The summed E-state index contributed by atoms with van der Waals surface area (Å²) in [6.45, 7) is -0.326. The second kappa shape index (κ2) is 10.7. The maximum Gasteiger partial charge on any atom is 0.335 e. The number of carbonyl (C=O) groups excluding carboxylic acids is 4. The van der Waals surface area contributed by atoms with Crippen LogP contribution in [0, 0.1) is 10.1 Å². The third kappa shape index (κ3) is 5.80. The molecule has 0 aromatic heterocycles. The molecule has 0 spiro atoms. The van der Waals surface area contributed by atoms with Crippen molar-refractivity contribution in [1.29, 1.82) is 0 Å². The number of non-ortho nitro benzene ring substituents is 1. The number of nitrogens with one attached hydrogen (secondary N) is 2. The van der Waals surface area contributed by atoms with E-state index in [1.807, 2.05) is 0 Å². The number of anilines is 2. The number of halogens is 1. The van der Waals surface area contributed by atoms with Gasteiger partial charge in [0.25, 0.3) is 23.4 Å². The highest BCUT2D eigenvalue weighted by Crippen LogP contribution is 2.25. The first-order valence-corrected chi connectivity index (χ1v) is 11.0. The van der Waals surface area contributed by atoms with E-state index >= 15 is 0 Å². The van der Waals surface area contributed by atoms with Crippen molar-refractivity contribution in [2.45, 2.75) is 0 Å². The molecule has 0 saturated carbocycles. The summed E-state index contributed by atoms with van der Waals surface area (Å²) in [6, 6.07) is 16.7. The molecule has 2 N–H and O–H groups in total. The number of nitrogens with zero attached hydrogens (tertiary/aromatic N) is 2. The van der Waals surface area contributed by atoms with Crippen molar-refractivity contribution in [1.82, 2.24) is 5.32 Å². The summed E-state index contributed by atoms with van der Waals surface area (Å²) < 4.78 is 5.51. The molecule has 1 fully saturated rings. The van der Waals surface area contributed by atoms with E-state index in [0.29, 0.717) is 21.2 Å². The molecule has 37 heavy (non-hydrogen) atoms. The Bertz CT molecular complexity index is 1450. The van der Waals surface area contributed by atoms with Crippen LogP contribution in [0.4, 0.5) is 21.9 Å². The first-order chi connectivity index (χ1) is 17.7. The third-order valence-corrected chi connectivity index (χ3v) is 5.44. The predicted molar refractivity (Wildman–Crippen MR) is 134 cm³/mol. The zero-order chi connectivity index (χ0) is 26.5. The Morgan fingerprint density at radius 3 is 2.49 bits per heavy atom. The van der Waals surface area contributed by atoms with Crippen LogP contribution in [0.15, 0.2) is 78.4 Å². The number of barbiturate groups is 1. The number of carbonyl (C=O) groups is 4. The molecule has 3 aromatic rings. The molecule has 0 bridgehead atoms. The van der Waals surface area contributed by atoms with Crippen LogP contribution in [0.2, 0.25) is 5.02 Å². The lowest BCUT2D eigenvalue weighted by Crippen LogP contribution is -2.54. The Labute approximate surface area is 214 Å². The number of amides is 5. The standard InChI is InChI=1S/C25H17ClN4O7/c26-20-6-1-2-7-21(20)27-22(31)14-37-18-5-3-4-15(12-18)13-19-23(32)28-25(34)29(24(19)33)16-8-10-17(11-9-16)30(35)36/h1-13H,14H2,(H,27,31)(H,28,32,34)/b19-13-. The molecule has 1 aliphatic rings. The van der Waals surface area contributed by atoms with Crippen LogP contribution in [0.5, 0.6) is 5.75 Å². The Morgan fingerprint density at radius 1 is 1.05 bits per heavy atom. The quantitative estimate of drug-likeness (QED) is 0.207. The molecule has 5 amide bonds. The lowest BCUT2D eigenvalue weighted by Gasteiger charge is -2.26. The van der Waals surface area contributed by atoms with E-state index < -0.39 is 28.7 Å². The normalized spacial score (nSPS) is 14.4. The van der Waals surface area contributed by atoms with Gasteiger partial charge in [0.15, 0.2) is 6.61 Å². The topological polar surface area (TPSA) is 148 Å². The number of hydrogen-bond donors (Lipinski definition) is 2. The number of nitro groups is 1. The van der Waals surface area contributed by atoms with Crippen LogP contribution in [0.3, 0.4) is 0 Å². The van der Waals surface area contributed by atoms with Crippen LogP contribution >= 0.6 is 11.6 Å². The minimum absolute atomic E-state index is 0.0492. The van der Waals surface area contributed by atoms with Crippen LogP contribution in [0.1, 0.15) is 5.56 Å². The van der Waals surface area contributed by atoms with Gasteiger partial charge in [0.1, 0.15) is 11.3 Å². The number of benzene rings is 3. The van der Waals surface area contributed by atoms with Crippen LogP contribution in [-0.2, 0) is 14.4 Å². The van der Waals surface area contributed by atoms with Crippen molar-refractivity contribution in [2.24, 2.45) is 0 Å². The van der Waals surface area contributed by atoms with E-state index in [-0.39, 0.29) is 29.3 Å². The molecule has 0 unspecified atom stereocenters. The van der Waals surface area contributed by atoms with Gasteiger partial charge >= 0.3 is 6.03 Å². The summed E-state index contributed by atoms with van der Waals surface area (Å²) in [5, 5.41) is 16.0. The number of urea groups is 1. The summed E-state index contributed by atoms with van der Waals surface area (Å²) >= 11 is 6.03. The summed E-state index contributed by atoms with van der Waals surface area (Å²) in [6.07, 6.45) is 1.26. The molecule has 4 rings (SSSR count). The van der Waals surface area contributed by atoms with Gasteiger partial charge in [0.2, 0.25) is 0 Å². The highest BCUT2D eigenvalue weighted by Gasteiger charge is 2.37. The molecule has 12 heteroatoms. The lowest BCUT2D eigenvalue weighted by molar-refractivity contribution is -0.384. The Balaban J connectivity index is 1.49. The Hall–Kier alpha value is -5.03. The second-order valence-corrected chi connectivity index (χ2v) is 8.03. The minimum atomic E-state index is -0.984. The summed E-state index contributed by atoms with van der Waals surface area (Å²) in [7, 11) is 0. The number of para-hydroxylation sites is 1. The molecule has 1 saturated heterocycles. The SMILES string of the molecule is O=C(COc1cccc(/C=C2/C(=O)NC(=O)N(c3ccc([N+](=O)[O-])cc3)C2=O)c1)Nc1ccccc1Cl. The highest BCUT2D eigenvalue weighted by molar-refractivity contribution is 6.39. The maximum absolute atomic E-state index is 13.0. The van der Waals surface area contributed by atoms with Crippen molar-refractivity contribution in [3.05, 3.63) is 99.1 Å². The van der Waals surface area contributed by atoms with E-state index in [1.165, 1.54) is 24.3 Å². The lowest BCUT2D eigenvalue weighted by atomic mass is 10.1. The average Bonchev–Trinajstić information content (AvgIpc) is 2.87. The van der Waals surface area contributed by atoms with Gasteiger partial charge in [-0.3, -0.25) is 29.8 Å². The van der Waals surface area contributed by atoms with Crippen molar-refractivity contribution >= 4 is 58.5 Å². The first-order valence-electron chi connectivity index (χ1n) is 10.7. The van der Waals surface area contributed by atoms with E-state index in [9.17, 15) is 29.3 Å². The molecule has 0 aliphatic carbocycles. The molecule has 186 valence electrons. The third-order valence-electron chi connectivity index (χ3n) is 5.11. The fraction of sp³-hybridized carbons (Fsp3) is 0.0400. The van der Waals surface area contributed by atoms with Crippen molar-refractivity contribution in [3.8, 4) is 5.75 Å². The number of imide groups is 2. The van der Waals surface area contributed by atoms with Gasteiger partial charge in [-0.2, -0.15) is 0 Å². The summed E-state index contributed by atoms with van der Waals surface area (Å²) in [5.41, 5.74) is 0.309. The second-order valence-electron chi connectivity index (χ2n) is 7.62. The van der Waals surface area contributed by atoms with E-state index in [1.54, 1.807) is 42.5 Å². The smallest absolute Gasteiger partial charge is 0.335 e. The van der Waals surface area contributed by atoms with Crippen LogP contribution < -0.4 is 20.3 Å². The molecule has 11 nitrogen and oxygen atoms in total. The van der Waals surface area contributed by atoms with Crippen molar-refractivity contribution in [3.63, 3.8) is 0 Å². The largest absolute Gasteiger partial charge is 0.484 e. The molecule has 1 heterocycles. The molecule has 3 aromatic carbocycles. The van der Waals surface area contributed by atoms with Gasteiger partial charge in [0.05, 0.1) is 21.3 Å². The van der Waals surface area contributed by atoms with Gasteiger partial charge < -0.3 is 10.1 Å². The molecule has 0 radical (unpaired) electrons. The van der Waals surface area contributed by atoms with Crippen molar-refractivity contribution in [2.75, 3.05) is 16.8 Å². The first kappa shape index (κ1) is 25.1. The zero-order valence-corrected chi connectivity index (χ0v) is 19.6. The van der Waals surface area contributed by atoms with Gasteiger partial charge in [-0.1, -0.05) is 35.9 Å². The zero-order valence-electron chi connectivity index (χ0n) is 18.8. The van der Waals surface area contributed by atoms with E-state index in [0.717, 1.165) is 12.1 Å². The molecular formula is C25H17ClN4O7. The van der Waals surface area contributed by atoms with Gasteiger partial charge in [-0.05, 0) is 48.0 Å². The Morgan fingerprint density at radius 2 is 1.78 bits per heavy atom. The number of nitro benzene ring substituents is 1. The summed E-state index contributed by atoms with van der Waals surface area (Å²) in [4.78, 5) is 60.9. The van der Waals surface area contributed by atoms with Crippen LogP contribution in [-0.4, -0.2) is 35.3 Å². The average molecular weight is 521 g/mol. The summed E-state index contributed by atoms with van der Waals surface area (Å²) in [5.74, 6) is -1.97. The number of hydrogen-bond acceptors (Lipinski definition) is 7. The van der Waals surface area contributed by atoms with Gasteiger partial charge in [0, 0.05) is 12.1 Å². The van der Waals surface area contributed by atoms with Crippen molar-refractivity contribution < 1.29 is 28.8 Å². The molecule has 1 aliphatic heterocycles. The predicted octanol–water partition coefficient (Wildman–Crippen LogP) is 3.93. The van der Waals surface area contributed by atoms with Crippen LogP contribution in [0.25, 0.3) is 6.08 Å². The minimum Gasteiger partial charge on any atom is -0.484 e. The fourth-order valence-electron chi connectivity index (χ4n) is 3.37. The van der Waals surface area contributed by atoms with Gasteiger partial charge in [-0.15, -0.1) is 0 Å². The molecular weight excluding hydrogens is 504 g/mol. The Kier molecular flexibility index (Phi) is 7.26. The highest BCUT2D eigenvalue weighted by atomic mass is 35.5. The number of rotatable bonds is 7. The number of ether oxygens (including phenoxy) is 1.